The smallest absolute Gasteiger partial charge is 0.311 e. The maximum Gasteiger partial charge on any atom is 0.311 e. The molecule has 0 amide bonds. The molecule has 5 nitrogen and oxygen atoms in total. The standard InChI is InChI=1S/C14H10FNO4/c15-9-3-5-10(6-4-9)20-14-11(2-1-7-16-14)12(17)8-13(18)19/h1-7H,8H2,(H,18,19). The van der Waals surface area contributed by atoms with E-state index in [4.69, 9.17) is 9.84 Å². The third-order valence-corrected chi connectivity index (χ3v) is 2.41. The lowest BCUT2D eigenvalue weighted by Crippen LogP contribution is -2.09. The molecule has 102 valence electrons. The van der Waals surface area contributed by atoms with Crippen LogP contribution in [0.1, 0.15) is 16.8 Å². The molecule has 0 spiro atoms. The molecule has 1 heterocycles. The van der Waals surface area contributed by atoms with Crippen LogP contribution in [0, 0.1) is 5.82 Å². The van der Waals surface area contributed by atoms with Crippen LogP contribution in [0.15, 0.2) is 42.6 Å². The first kappa shape index (κ1) is 13.7. The molecular weight excluding hydrogens is 265 g/mol. The van der Waals surface area contributed by atoms with Gasteiger partial charge in [-0.3, -0.25) is 9.59 Å². The number of hydrogen-bond acceptors (Lipinski definition) is 4. The van der Waals surface area contributed by atoms with Crippen LogP contribution in [0.2, 0.25) is 0 Å². The molecule has 2 rings (SSSR count). The topological polar surface area (TPSA) is 76.5 Å². The highest BCUT2D eigenvalue weighted by atomic mass is 19.1. The Morgan fingerprint density at radius 1 is 1.20 bits per heavy atom. The predicted octanol–water partition coefficient (Wildman–Crippen LogP) is 2.67. The van der Waals surface area contributed by atoms with Gasteiger partial charge in [-0.15, -0.1) is 0 Å². The lowest BCUT2D eigenvalue weighted by molar-refractivity contribution is -0.135. The Morgan fingerprint density at radius 2 is 1.90 bits per heavy atom. The van der Waals surface area contributed by atoms with Crippen LogP contribution in [-0.4, -0.2) is 21.8 Å². The fourth-order valence-corrected chi connectivity index (χ4v) is 1.53. The number of Topliss-reactive ketones (excluding diaryl/α,β-unsaturated/α-hetero) is 1. The van der Waals surface area contributed by atoms with Crippen LogP contribution >= 0.6 is 0 Å². The summed E-state index contributed by atoms with van der Waals surface area (Å²) >= 11 is 0. The van der Waals surface area contributed by atoms with E-state index in [-0.39, 0.29) is 11.4 Å². The summed E-state index contributed by atoms with van der Waals surface area (Å²) in [6.45, 7) is 0. The van der Waals surface area contributed by atoms with Crippen LogP contribution < -0.4 is 4.74 Å². The number of carboxylic acid groups (broad SMARTS) is 1. The number of aliphatic carboxylic acids is 1. The third kappa shape index (κ3) is 3.38. The Labute approximate surface area is 113 Å². The molecule has 1 aromatic carbocycles. The van der Waals surface area contributed by atoms with Crippen molar-refractivity contribution in [2.24, 2.45) is 0 Å². The van der Waals surface area contributed by atoms with Gasteiger partial charge in [0.05, 0.1) is 5.56 Å². The van der Waals surface area contributed by atoms with Gasteiger partial charge >= 0.3 is 5.97 Å². The van der Waals surface area contributed by atoms with Crippen molar-refractivity contribution in [1.82, 2.24) is 4.98 Å². The number of carbonyl (C=O) groups excluding carboxylic acids is 1. The predicted molar refractivity (Wildman–Crippen MR) is 67.3 cm³/mol. The maximum atomic E-state index is 12.8. The molecule has 0 unspecified atom stereocenters. The number of hydrogen-bond donors (Lipinski definition) is 1. The van der Waals surface area contributed by atoms with E-state index in [0.29, 0.717) is 5.75 Å². The molecule has 2 aromatic rings. The molecule has 1 N–H and O–H groups in total. The number of ketones is 1. The van der Waals surface area contributed by atoms with E-state index in [1.807, 2.05) is 0 Å². The van der Waals surface area contributed by atoms with Gasteiger partial charge in [-0.1, -0.05) is 0 Å². The molecule has 0 atom stereocenters. The molecule has 0 saturated carbocycles. The fourth-order valence-electron chi connectivity index (χ4n) is 1.53. The molecule has 0 aliphatic carbocycles. The summed E-state index contributed by atoms with van der Waals surface area (Å²) < 4.78 is 18.2. The summed E-state index contributed by atoms with van der Waals surface area (Å²) in [6.07, 6.45) is 0.766. The fraction of sp³-hybridized carbons (Fsp3) is 0.0714. The summed E-state index contributed by atoms with van der Waals surface area (Å²) in [5.74, 6) is -1.96. The van der Waals surface area contributed by atoms with Gasteiger partial charge in [-0.05, 0) is 36.4 Å². The van der Waals surface area contributed by atoms with Gasteiger partial charge in [0.15, 0.2) is 5.78 Å². The highest BCUT2D eigenvalue weighted by molar-refractivity contribution is 6.06. The van der Waals surface area contributed by atoms with E-state index >= 15 is 0 Å². The van der Waals surface area contributed by atoms with E-state index in [1.54, 1.807) is 0 Å². The second-order valence-corrected chi connectivity index (χ2v) is 3.91. The number of halogens is 1. The first-order chi connectivity index (χ1) is 9.56. The van der Waals surface area contributed by atoms with Crippen molar-refractivity contribution in [2.45, 2.75) is 6.42 Å². The largest absolute Gasteiger partial charge is 0.481 e. The van der Waals surface area contributed by atoms with E-state index in [2.05, 4.69) is 4.98 Å². The second-order valence-electron chi connectivity index (χ2n) is 3.91. The molecule has 0 bridgehead atoms. The van der Waals surface area contributed by atoms with Crippen LogP contribution in [0.3, 0.4) is 0 Å². The van der Waals surface area contributed by atoms with Crippen molar-refractivity contribution >= 4 is 11.8 Å². The number of ether oxygens (including phenoxy) is 1. The molecule has 20 heavy (non-hydrogen) atoms. The number of aromatic nitrogens is 1. The number of benzene rings is 1. The zero-order valence-corrected chi connectivity index (χ0v) is 10.2. The van der Waals surface area contributed by atoms with E-state index < -0.39 is 24.0 Å². The number of carbonyl (C=O) groups is 2. The molecule has 0 aliphatic rings. The molecule has 0 aliphatic heterocycles. The highest BCUT2D eigenvalue weighted by Crippen LogP contribution is 2.24. The molecule has 1 aromatic heterocycles. The van der Waals surface area contributed by atoms with Gasteiger partial charge in [-0.25, -0.2) is 9.37 Å². The highest BCUT2D eigenvalue weighted by Gasteiger charge is 2.17. The van der Waals surface area contributed by atoms with Gasteiger partial charge in [0.2, 0.25) is 5.88 Å². The Bertz CT molecular complexity index is 640. The minimum absolute atomic E-state index is 0.00893. The summed E-state index contributed by atoms with van der Waals surface area (Å²) in [4.78, 5) is 26.2. The van der Waals surface area contributed by atoms with Crippen LogP contribution in [0.5, 0.6) is 11.6 Å². The SMILES string of the molecule is O=C(O)CC(=O)c1cccnc1Oc1ccc(F)cc1. The molecule has 0 fully saturated rings. The van der Waals surface area contributed by atoms with Crippen LogP contribution in [0.25, 0.3) is 0 Å². The number of carboxylic acids is 1. The average Bonchev–Trinajstić information content (AvgIpc) is 2.41. The lowest BCUT2D eigenvalue weighted by Gasteiger charge is -2.08. The normalized spacial score (nSPS) is 10.1. The van der Waals surface area contributed by atoms with Crippen LogP contribution in [-0.2, 0) is 4.79 Å². The molecule has 0 saturated heterocycles. The lowest BCUT2D eigenvalue weighted by atomic mass is 10.1. The zero-order chi connectivity index (χ0) is 14.5. The summed E-state index contributed by atoms with van der Waals surface area (Å²) in [7, 11) is 0. The maximum absolute atomic E-state index is 12.8. The van der Waals surface area contributed by atoms with Gasteiger partial charge in [-0.2, -0.15) is 0 Å². The Hall–Kier alpha value is -2.76. The van der Waals surface area contributed by atoms with E-state index in [9.17, 15) is 14.0 Å². The Kier molecular flexibility index (Phi) is 4.05. The van der Waals surface area contributed by atoms with Gasteiger partial charge in [0.25, 0.3) is 0 Å². The summed E-state index contributed by atoms with van der Waals surface area (Å²) in [5, 5.41) is 8.63. The minimum atomic E-state index is -1.23. The van der Waals surface area contributed by atoms with Crippen molar-refractivity contribution < 1.29 is 23.8 Å². The molecular formula is C14H10FNO4. The number of pyridine rings is 1. The monoisotopic (exact) mass is 275 g/mol. The van der Waals surface area contributed by atoms with E-state index in [0.717, 1.165) is 0 Å². The third-order valence-electron chi connectivity index (χ3n) is 2.41. The van der Waals surface area contributed by atoms with Gasteiger partial charge in [0, 0.05) is 6.20 Å². The second kappa shape index (κ2) is 5.92. The van der Waals surface area contributed by atoms with Crippen LogP contribution in [0.4, 0.5) is 4.39 Å². The zero-order valence-electron chi connectivity index (χ0n) is 10.2. The van der Waals surface area contributed by atoms with Crippen molar-refractivity contribution in [3.63, 3.8) is 0 Å². The molecule has 6 heteroatoms. The number of nitrogens with zero attached hydrogens (tertiary/aromatic N) is 1. The van der Waals surface area contributed by atoms with Crippen molar-refractivity contribution in [3.8, 4) is 11.6 Å². The number of rotatable bonds is 5. The molecule has 0 radical (unpaired) electrons. The Balaban J connectivity index is 2.25. The Morgan fingerprint density at radius 3 is 2.55 bits per heavy atom. The van der Waals surface area contributed by atoms with Crippen molar-refractivity contribution in [2.75, 3.05) is 0 Å². The summed E-state index contributed by atoms with van der Waals surface area (Å²) in [6, 6.07) is 8.11. The first-order valence-electron chi connectivity index (χ1n) is 5.69. The quantitative estimate of drug-likeness (QED) is 0.670. The van der Waals surface area contributed by atoms with Gasteiger partial charge in [0.1, 0.15) is 18.0 Å². The first-order valence-corrected chi connectivity index (χ1v) is 5.69. The minimum Gasteiger partial charge on any atom is -0.481 e. The van der Waals surface area contributed by atoms with Gasteiger partial charge < -0.3 is 9.84 Å². The van der Waals surface area contributed by atoms with E-state index in [1.165, 1.54) is 42.6 Å². The summed E-state index contributed by atoms with van der Waals surface area (Å²) in [5.41, 5.74) is 0.0687. The van der Waals surface area contributed by atoms with Crippen molar-refractivity contribution in [1.29, 1.82) is 0 Å². The average molecular weight is 275 g/mol. The van der Waals surface area contributed by atoms with Crippen molar-refractivity contribution in [3.05, 3.63) is 54.0 Å².